The van der Waals surface area contributed by atoms with Crippen LogP contribution in [0.15, 0.2) is 352 Å². The van der Waals surface area contributed by atoms with E-state index < -0.39 is 10.9 Å². The molecule has 10 aromatic rings. The lowest BCUT2D eigenvalue weighted by molar-refractivity contribution is 0.242. The number of phenols is 1. The Bertz CT molecular complexity index is 3610. The lowest BCUT2D eigenvalue weighted by Crippen LogP contribution is -2.40. The Morgan fingerprint density at radius 3 is 0.977 bits per heavy atom. The number of hydrogen-bond acceptors (Lipinski definition) is 3. The van der Waals surface area contributed by atoms with Crippen LogP contribution in [0.25, 0.3) is 0 Å². The molecule has 3 nitrogen and oxygen atoms in total. The SMILES string of the molecule is C.C.Cc1ccc([S+]2c3ccccc3OC3C=CC=CC32)cc1.Fc1ccc([S+](c2ccc(F)cc2)c2ccc(F)cc2)cc1.Fc1ccc([S+](c2ccccc2)c2ccccc2)cc1.Oc1ccc([S+]2c3ccccc3OC3C=CC=CC32)cc1. The van der Waals surface area contributed by atoms with Crippen LogP contribution in [0.3, 0.4) is 0 Å². The zero-order valence-corrected chi connectivity index (χ0v) is 48.9. The Kier molecular flexibility index (Phi) is 21.5. The highest BCUT2D eigenvalue weighted by molar-refractivity contribution is 7.98. The maximum absolute atomic E-state index is 13.2. The van der Waals surface area contributed by atoms with Crippen molar-refractivity contribution in [1.29, 1.82) is 0 Å². The topological polar surface area (TPSA) is 38.7 Å². The predicted octanol–water partition coefficient (Wildman–Crippen LogP) is 19.4. The Balaban J connectivity index is 0.000000136. The fourth-order valence-corrected chi connectivity index (χ4v) is 19.0. The van der Waals surface area contributed by atoms with E-state index in [2.05, 4.69) is 134 Å². The molecule has 4 aliphatic rings. The van der Waals surface area contributed by atoms with E-state index in [0.29, 0.717) is 16.2 Å². The molecule has 0 aromatic heterocycles. The monoisotopic (exact) mass is 1220 g/mol. The fourth-order valence-electron chi connectivity index (χ4n) is 9.87. The van der Waals surface area contributed by atoms with Crippen molar-refractivity contribution >= 4 is 43.6 Å². The number of aryl methyl sites for hydroxylation is 1. The number of phenolic OH excluding ortho intramolecular Hbond substituents is 1. The Morgan fingerprint density at radius 2 is 0.628 bits per heavy atom. The molecule has 0 bridgehead atoms. The summed E-state index contributed by atoms with van der Waals surface area (Å²) in [5, 5.41) is 10.2. The molecule has 2 heterocycles. The molecular weight excluding hydrogens is 1150 g/mol. The third-order valence-electron chi connectivity index (χ3n) is 13.8. The number of aromatic hydroxyl groups is 1. The highest BCUT2D eigenvalue weighted by Crippen LogP contribution is 2.44. The molecule has 1 N–H and O–H groups in total. The predicted molar refractivity (Wildman–Crippen MR) is 349 cm³/mol. The van der Waals surface area contributed by atoms with Crippen molar-refractivity contribution < 1.29 is 32.1 Å². The van der Waals surface area contributed by atoms with Crippen LogP contribution < -0.4 is 9.47 Å². The molecule has 86 heavy (non-hydrogen) atoms. The maximum Gasteiger partial charge on any atom is 0.203 e. The molecule has 10 aromatic carbocycles. The summed E-state index contributed by atoms with van der Waals surface area (Å²) in [5.41, 5.74) is 1.31. The summed E-state index contributed by atoms with van der Waals surface area (Å²) in [6.45, 7) is 2.14. The minimum atomic E-state index is -0.539. The minimum absolute atomic E-state index is 0. The molecule has 0 saturated heterocycles. The highest BCUT2D eigenvalue weighted by atomic mass is 32.2. The molecule has 11 heteroatoms. The van der Waals surface area contributed by atoms with Crippen molar-refractivity contribution in [3.63, 3.8) is 0 Å². The maximum atomic E-state index is 13.2. The van der Waals surface area contributed by atoms with Gasteiger partial charge in [-0.25, -0.2) is 17.6 Å². The zero-order valence-electron chi connectivity index (χ0n) is 45.6. The summed E-state index contributed by atoms with van der Waals surface area (Å²) in [6.07, 6.45) is 17.4. The minimum Gasteiger partial charge on any atom is -0.508 e. The van der Waals surface area contributed by atoms with Crippen molar-refractivity contribution in [1.82, 2.24) is 0 Å². The van der Waals surface area contributed by atoms with Gasteiger partial charge in [0.25, 0.3) is 0 Å². The standard InChI is InChI=1S/C19H17OS.C18H12F3S.C18H14FS.C18H14O2S.2CH4/c1-14-10-12-15(13-11-14)21-18-8-4-2-6-16(18)20-17-7-3-5-9-19(17)21;19-13-1-7-16(8-2-13)22(17-9-3-14(20)4-10-17)18-11-5-15(21)6-12-18;19-15-11-13-18(14-12-15)20(16-7-3-1-4-8-16)17-9-5-2-6-10-17;19-13-9-11-14(12-10-13)21-17-7-3-1-5-15(17)20-16-6-2-4-8-18(16)21;;/h2-13,16,18H,1H3;1-12H;1-14H;1-12,15,17H;2*1H4/q3*+1;;;/p+1. The quantitative estimate of drug-likeness (QED) is 0.122. The molecule has 6 atom stereocenters. The lowest BCUT2D eigenvalue weighted by atomic mass is 10.1. The summed E-state index contributed by atoms with van der Waals surface area (Å²) in [6, 6.07) is 79.3. The second-order valence-corrected chi connectivity index (χ2v) is 27.9. The zero-order chi connectivity index (χ0) is 57.8. The first-order chi connectivity index (χ1) is 41.1. The van der Waals surface area contributed by atoms with Gasteiger partial charge in [-0.05, 0) is 213 Å². The van der Waals surface area contributed by atoms with Crippen LogP contribution in [0.1, 0.15) is 20.4 Å². The second kappa shape index (κ2) is 29.7. The van der Waals surface area contributed by atoms with E-state index in [9.17, 15) is 22.7 Å². The van der Waals surface area contributed by atoms with Gasteiger partial charge in [0.05, 0.1) is 43.6 Å². The average molecular weight is 1220 g/mol. The van der Waals surface area contributed by atoms with Gasteiger partial charge in [0.2, 0.25) is 9.79 Å². The van der Waals surface area contributed by atoms with Gasteiger partial charge in [-0.3, -0.25) is 0 Å². The summed E-state index contributed by atoms with van der Waals surface area (Å²) in [7, 11) is -0.782. The molecule has 0 radical (unpaired) electrons. The Morgan fingerprint density at radius 1 is 0.337 bits per heavy atom. The van der Waals surface area contributed by atoms with Crippen LogP contribution in [0.2, 0.25) is 0 Å². The van der Waals surface area contributed by atoms with Crippen LogP contribution in [0, 0.1) is 30.2 Å². The van der Waals surface area contributed by atoms with E-state index in [0.717, 1.165) is 31.1 Å². The first kappa shape index (κ1) is 62.2. The normalized spacial score (nSPS) is 17.9. The van der Waals surface area contributed by atoms with Crippen molar-refractivity contribution in [3.05, 3.63) is 332 Å². The number of hydrogen-bond donors (Lipinski definition) is 1. The molecule has 0 saturated carbocycles. The van der Waals surface area contributed by atoms with Crippen LogP contribution in [-0.4, -0.2) is 27.8 Å². The molecule has 0 fully saturated rings. The molecule has 432 valence electrons. The van der Waals surface area contributed by atoms with E-state index in [4.69, 9.17) is 9.47 Å². The van der Waals surface area contributed by atoms with Gasteiger partial charge in [-0.1, -0.05) is 118 Å². The van der Waals surface area contributed by atoms with Crippen molar-refractivity contribution in [3.8, 4) is 17.2 Å². The number of rotatable bonds is 8. The number of halogens is 4. The van der Waals surface area contributed by atoms with Crippen molar-refractivity contribution in [2.24, 2.45) is 0 Å². The van der Waals surface area contributed by atoms with E-state index in [1.165, 1.54) is 83.5 Å². The van der Waals surface area contributed by atoms with E-state index >= 15 is 0 Å². The highest BCUT2D eigenvalue weighted by Gasteiger charge is 2.48. The molecule has 14 rings (SSSR count). The van der Waals surface area contributed by atoms with Gasteiger partial charge in [-0.15, -0.1) is 0 Å². The van der Waals surface area contributed by atoms with E-state index in [1.54, 1.807) is 48.5 Å². The van der Waals surface area contributed by atoms with Gasteiger partial charge >= 0.3 is 0 Å². The summed E-state index contributed by atoms with van der Waals surface area (Å²) in [4.78, 5) is 11.5. The third kappa shape index (κ3) is 15.0. The molecule has 2 aliphatic heterocycles. The van der Waals surface area contributed by atoms with E-state index in [1.807, 2.05) is 78.9 Å². The van der Waals surface area contributed by atoms with E-state index in [-0.39, 0.29) is 83.0 Å². The molecule has 0 spiro atoms. The number of ether oxygens (including phenoxy) is 2. The van der Waals surface area contributed by atoms with Gasteiger partial charge in [0.1, 0.15) is 29.0 Å². The van der Waals surface area contributed by atoms with Gasteiger partial charge in [-0.2, -0.15) is 0 Å². The van der Waals surface area contributed by atoms with Crippen molar-refractivity contribution in [2.75, 3.05) is 0 Å². The fraction of sp³-hybridized carbons (Fsp3) is 0.0933. The number of allylic oxidation sites excluding steroid dienone is 4. The third-order valence-corrected chi connectivity index (χ3v) is 23.4. The molecule has 2 aliphatic carbocycles. The number of para-hydroxylation sites is 2. The average Bonchev–Trinajstić information content (AvgIpc) is 1.05. The first-order valence-corrected chi connectivity index (χ1v) is 32.3. The summed E-state index contributed by atoms with van der Waals surface area (Å²) < 4.78 is 65.0. The van der Waals surface area contributed by atoms with Crippen molar-refractivity contribution in [2.45, 2.75) is 93.4 Å². The molecular formula is C75H66F4O3S4+4. The molecule has 0 amide bonds. The second-order valence-electron chi connectivity index (χ2n) is 19.6. The smallest absolute Gasteiger partial charge is 0.203 e. The molecule has 6 unspecified atom stereocenters. The summed E-state index contributed by atoms with van der Waals surface area (Å²) in [5.74, 6) is 1.16. The Labute approximate surface area is 515 Å². The van der Waals surface area contributed by atoms with Crippen LogP contribution in [0.4, 0.5) is 17.6 Å². The first-order valence-electron chi connectivity index (χ1n) is 27.3. The van der Waals surface area contributed by atoms with Gasteiger partial charge < -0.3 is 14.6 Å². The number of fused-ring (bicyclic) bond motifs is 4. The Hall–Kier alpha value is -8.32. The number of benzene rings is 10. The van der Waals surface area contributed by atoms with Crippen LogP contribution in [0.5, 0.6) is 17.2 Å². The largest absolute Gasteiger partial charge is 0.508 e. The summed E-state index contributed by atoms with van der Waals surface area (Å²) >= 11 is 0. The van der Waals surface area contributed by atoms with Crippen LogP contribution in [-0.2, 0) is 43.6 Å². The van der Waals surface area contributed by atoms with Gasteiger partial charge in [0, 0.05) is 0 Å². The lowest BCUT2D eigenvalue weighted by Gasteiger charge is -2.30. The van der Waals surface area contributed by atoms with Gasteiger partial charge in [0.15, 0.2) is 73.4 Å². The van der Waals surface area contributed by atoms with Crippen LogP contribution >= 0.6 is 0 Å².